The lowest BCUT2D eigenvalue weighted by Crippen LogP contribution is -2.26. The largest absolute Gasteiger partial charge is 0.309 e. The van der Waals surface area contributed by atoms with Gasteiger partial charge in [0.15, 0.2) is 0 Å². The number of fused-ring (bicyclic) bond motifs is 28. The smallest absolute Gasteiger partial charge is 0.0725 e. The van der Waals surface area contributed by atoms with Gasteiger partial charge in [0.25, 0.3) is 0 Å². The highest BCUT2D eigenvalue weighted by Crippen LogP contribution is 2.66. The predicted molar refractivity (Wildman–Crippen MR) is 399 cm³/mol. The lowest BCUT2D eigenvalue weighted by molar-refractivity contribution is 0.793. The average molecular weight is 1210 g/mol. The van der Waals surface area contributed by atoms with Crippen molar-refractivity contribution < 1.29 is 0 Å². The summed E-state index contributed by atoms with van der Waals surface area (Å²) in [5.41, 5.74) is 34.3. The fraction of sp³-hybridized carbons (Fsp3) is 0.0213. The van der Waals surface area contributed by atoms with Gasteiger partial charge >= 0.3 is 0 Å². The Morgan fingerprint density at radius 3 is 0.802 bits per heavy atom. The number of nitrogens with zero attached hydrogens (tertiary/aromatic N) is 2. The van der Waals surface area contributed by atoms with Crippen LogP contribution in [0.1, 0.15) is 44.5 Å². The molecule has 4 aliphatic rings. The molecule has 0 saturated heterocycles. The molecule has 0 fully saturated rings. The Labute approximate surface area is 555 Å². The molecule has 0 radical (unpaired) electrons. The molecule has 4 aliphatic carbocycles. The van der Waals surface area contributed by atoms with Crippen molar-refractivity contribution in [2.75, 3.05) is 0 Å². The molecular weight excluding hydrogens is 1160 g/mol. The number of rotatable bonds is 5. The molecule has 0 bridgehead atoms. The lowest BCUT2D eigenvalue weighted by atomic mass is 9.69. The molecule has 0 N–H and O–H groups in total. The standard InChI is InChI=1S/C94H56N2/c1-3-19-59-49-67(41-33-57(59)17-1)95-89-31-15-9-25-77(89)79-51-61(39-47-91(79)95)63-35-43-73-75-45-37-65(55-87(75)93(85(73)53-63)81-27-11-5-21-69(81)70-22-6-12-28-82(70)93)66-38-46-76-74-44-36-64(54-86(74)94(88(76)56-66)83-29-13-7-23-71(83)72-24-8-14-30-84(72)94)62-40-48-92-80(52-62)78-26-10-16-32-90(78)96(92)68-42-34-58-18-2-4-20-60(58)50-68/h1-56H. The van der Waals surface area contributed by atoms with Crippen LogP contribution in [0.5, 0.6) is 0 Å². The van der Waals surface area contributed by atoms with Gasteiger partial charge in [-0.25, -0.2) is 0 Å². The van der Waals surface area contributed by atoms with Gasteiger partial charge in [-0.05, 0) is 229 Å². The van der Waals surface area contributed by atoms with E-state index < -0.39 is 10.8 Å². The maximum Gasteiger partial charge on any atom is 0.0725 e. The molecule has 22 rings (SSSR count). The first-order valence-corrected chi connectivity index (χ1v) is 33.6. The van der Waals surface area contributed by atoms with Crippen molar-refractivity contribution in [1.29, 1.82) is 0 Å². The van der Waals surface area contributed by atoms with Gasteiger partial charge in [0.05, 0.1) is 32.9 Å². The van der Waals surface area contributed by atoms with E-state index in [-0.39, 0.29) is 0 Å². The van der Waals surface area contributed by atoms with E-state index in [1.54, 1.807) is 0 Å². The van der Waals surface area contributed by atoms with Crippen LogP contribution in [0.3, 0.4) is 0 Å². The fourth-order valence-corrected chi connectivity index (χ4v) is 18.5. The third-order valence-corrected chi connectivity index (χ3v) is 22.5. The zero-order valence-electron chi connectivity index (χ0n) is 52.2. The molecule has 2 nitrogen and oxygen atoms in total. The Morgan fingerprint density at radius 2 is 0.438 bits per heavy atom. The third kappa shape index (κ3) is 6.79. The lowest BCUT2D eigenvalue weighted by Gasteiger charge is -2.31. The van der Waals surface area contributed by atoms with Gasteiger partial charge in [-0.3, -0.25) is 0 Å². The molecule has 0 atom stereocenters. The topological polar surface area (TPSA) is 9.86 Å². The van der Waals surface area contributed by atoms with Crippen molar-refractivity contribution >= 4 is 65.2 Å². The number of hydrogen-bond donors (Lipinski definition) is 0. The SMILES string of the molecule is c1ccc2c(c1)-c1ccccc1C21c2cc(-c3ccc4c(c3)C3(c5ccccc5-c5ccccc53)c3cc(-c5ccc6c(c5)c5ccccc5n6-c5ccc6ccccc6c5)ccc3-4)ccc2-c2ccc(-c3ccc4c(c3)c3ccccc3n4-c3ccc4ccccc4c3)cc21. The van der Waals surface area contributed by atoms with Crippen molar-refractivity contribution in [2.24, 2.45) is 0 Å². The Kier molecular flexibility index (Phi) is 10.4. The molecule has 2 spiro atoms. The first-order chi connectivity index (χ1) is 47.6. The maximum absolute atomic E-state index is 2.57. The van der Waals surface area contributed by atoms with Crippen molar-refractivity contribution in [3.8, 4) is 89.3 Å². The molecule has 442 valence electrons. The first kappa shape index (κ1) is 52.2. The molecule has 16 aromatic carbocycles. The van der Waals surface area contributed by atoms with Gasteiger partial charge in [-0.15, -0.1) is 0 Å². The number of para-hydroxylation sites is 2. The van der Waals surface area contributed by atoms with Crippen LogP contribution < -0.4 is 0 Å². The second-order valence-electron chi connectivity index (χ2n) is 27.0. The number of hydrogen-bond acceptors (Lipinski definition) is 0. The van der Waals surface area contributed by atoms with E-state index in [0.717, 1.165) is 0 Å². The molecule has 0 aliphatic heterocycles. The van der Waals surface area contributed by atoms with E-state index in [1.807, 2.05) is 0 Å². The Balaban J connectivity index is 0.705. The van der Waals surface area contributed by atoms with Gasteiger partial charge < -0.3 is 9.13 Å². The second-order valence-corrected chi connectivity index (χ2v) is 27.0. The van der Waals surface area contributed by atoms with Crippen LogP contribution in [0, 0.1) is 0 Å². The van der Waals surface area contributed by atoms with Crippen molar-refractivity contribution in [1.82, 2.24) is 9.13 Å². The summed E-state index contributed by atoms with van der Waals surface area (Å²) >= 11 is 0. The molecule has 2 heterocycles. The van der Waals surface area contributed by atoms with Gasteiger partial charge in [0.1, 0.15) is 0 Å². The molecule has 0 amide bonds. The van der Waals surface area contributed by atoms with Gasteiger partial charge in [-0.1, -0.05) is 255 Å². The first-order valence-electron chi connectivity index (χ1n) is 33.6. The Hall–Kier alpha value is -12.4. The van der Waals surface area contributed by atoms with Crippen molar-refractivity contribution in [3.05, 3.63) is 384 Å². The summed E-state index contributed by atoms with van der Waals surface area (Å²) in [5.74, 6) is 0. The van der Waals surface area contributed by atoms with Crippen LogP contribution in [0.2, 0.25) is 0 Å². The van der Waals surface area contributed by atoms with Gasteiger partial charge in [0, 0.05) is 32.9 Å². The minimum atomic E-state index is -0.567. The molecule has 2 aromatic heterocycles. The molecular formula is C94H56N2. The fourth-order valence-electron chi connectivity index (χ4n) is 18.5. The van der Waals surface area contributed by atoms with E-state index in [4.69, 9.17) is 0 Å². The van der Waals surface area contributed by atoms with Crippen molar-refractivity contribution in [2.45, 2.75) is 10.8 Å². The molecule has 2 heteroatoms. The van der Waals surface area contributed by atoms with Gasteiger partial charge in [0.2, 0.25) is 0 Å². The highest BCUT2D eigenvalue weighted by atomic mass is 15.0. The highest BCUT2D eigenvalue weighted by molar-refractivity contribution is 6.13. The summed E-state index contributed by atoms with van der Waals surface area (Å²) in [6, 6.07) is 129. The quantitative estimate of drug-likeness (QED) is 0.163. The molecule has 96 heavy (non-hydrogen) atoms. The normalized spacial score (nSPS) is 13.8. The number of benzene rings is 16. The average Bonchev–Trinajstić information content (AvgIpc) is 1.52. The van der Waals surface area contributed by atoms with E-state index in [0.29, 0.717) is 0 Å². The predicted octanol–water partition coefficient (Wildman–Crippen LogP) is 23.9. The van der Waals surface area contributed by atoms with Crippen LogP contribution >= 0.6 is 0 Å². The summed E-state index contributed by atoms with van der Waals surface area (Å²) in [4.78, 5) is 0. The van der Waals surface area contributed by atoms with E-state index in [9.17, 15) is 0 Å². The molecule has 18 aromatic rings. The van der Waals surface area contributed by atoms with Crippen molar-refractivity contribution in [3.63, 3.8) is 0 Å². The number of aromatic nitrogens is 2. The van der Waals surface area contributed by atoms with Crippen LogP contribution in [-0.2, 0) is 10.8 Å². The Bertz CT molecular complexity index is 6000. The highest BCUT2D eigenvalue weighted by Gasteiger charge is 2.54. The second kappa shape index (κ2) is 19.1. The van der Waals surface area contributed by atoms with Crippen LogP contribution in [0.25, 0.3) is 154 Å². The summed E-state index contributed by atoms with van der Waals surface area (Å²) < 4.78 is 4.88. The molecule has 0 saturated carbocycles. The van der Waals surface area contributed by atoms with E-state index in [1.165, 1.54) is 199 Å². The Morgan fingerprint density at radius 1 is 0.167 bits per heavy atom. The van der Waals surface area contributed by atoms with E-state index >= 15 is 0 Å². The van der Waals surface area contributed by atoms with Gasteiger partial charge in [-0.2, -0.15) is 0 Å². The summed E-state index contributed by atoms with van der Waals surface area (Å²) in [6.45, 7) is 0. The zero-order valence-corrected chi connectivity index (χ0v) is 52.2. The molecule has 0 unspecified atom stereocenters. The minimum Gasteiger partial charge on any atom is -0.309 e. The zero-order chi connectivity index (χ0) is 62.5. The maximum atomic E-state index is 2.57. The van der Waals surface area contributed by atoms with Crippen LogP contribution in [0.4, 0.5) is 0 Å². The summed E-state index contributed by atoms with van der Waals surface area (Å²) in [5, 5.41) is 9.95. The summed E-state index contributed by atoms with van der Waals surface area (Å²) in [7, 11) is 0. The summed E-state index contributed by atoms with van der Waals surface area (Å²) in [6.07, 6.45) is 0. The van der Waals surface area contributed by atoms with E-state index in [2.05, 4.69) is 349 Å². The minimum absolute atomic E-state index is 0.567. The monoisotopic (exact) mass is 1210 g/mol. The van der Waals surface area contributed by atoms with Crippen LogP contribution in [-0.4, -0.2) is 9.13 Å². The van der Waals surface area contributed by atoms with Crippen LogP contribution in [0.15, 0.2) is 340 Å². The third-order valence-electron chi connectivity index (χ3n) is 22.5.